The Bertz CT molecular complexity index is 384. The third kappa shape index (κ3) is 5.42. The summed E-state index contributed by atoms with van der Waals surface area (Å²) < 4.78 is 0.925. The first-order valence-corrected chi connectivity index (χ1v) is 8.20. The Balaban J connectivity index is 2.72. The zero-order chi connectivity index (χ0) is 14.3. The maximum Gasteiger partial charge on any atom is 0.0548 e. The second-order valence-corrected chi connectivity index (χ2v) is 6.31. The van der Waals surface area contributed by atoms with Gasteiger partial charge in [-0.2, -0.15) is 0 Å². The second kappa shape index (κ2) is 8.96. The standard InChI is InChI=1S/C15H24BrClN2/c1-3-5-6-11(4-2)9-15(19-18)12-7-8-14(17)13(16)10-12/h7-8,10-11,15,19H,3-6,9,18H2,1-2H3. The molecule has 1 aromatic rings. The number of unbranched alkanes of at least 4 members (excludes halogenated alkanes) is 1. The molecule has 0 aliphatic heterocycles. The van der Waals surface area contributed by atoms with E-state index < -0.39 is 0 Å². The van der Waals surface area contributed by atoms with E-state index >= 15 is 0 Å². The first kappa shape index (κ1) is 17.0. The molecule has 4 heteroatoms. The molecule has 0 aliphatic rings. The third-order valence-electron chi connectivity index (χ3n) is 3.66. The van der Waals surface area contributed by atoms with E-state index in [1.807, 2.05) is 12.1 Å². The number of benzene rings is 1. The van der Waals surface area contributed by atoms with Crippen LogP contribution in [0.25, 0.3) is 0 Å². The summed E-state index contributed by atoms with van der Waals surface area (Å²) in [6.07, 6.45) is 6.10. The van der Waals surface area contributed by atoms with Crippen molar-refractivity contribution in [3.05, 3.63) is 33.3 Å². The van der Waals surface area contributed by atoms with E-state index in [1.54, 1.807) is 0 Å². The van der Waals surface area contributed by atoms with Gasteiger partial charge in [0.15, 0.2) is 0 Å². The van der Waals surface area contributed by atoms with Crippen molar-refractivity contribution in [3.8, 4) is 0 Å². The minimum Gasteiger partial charge on any atom is -0.271 e. The van der Waals surface area contributed by atoms with Crippen LogP contribution in [0, 0.1) is 5.92 Å². The molecule has 2 nitrogen and oxygen atoms in total. The summed E-state index contributed by atoms with van der Waals surface area (Å²) in [5.41, 5.74) is 4.13. The van der Waals surface area contributed by atoms with E-state index in [1.165, 1.54) is 31.2 Å². The minimum absolute atomic E-state index is 0.190. The summed E-state index contributed by atoms with van der Waals surface area (Å²) in [5.74, 6) is 6.44. The maximum absolute atomic E-state index is 6.03. The summed E-state index contributed by atoms with van der Waals surface area (Å²) >= 11 is 9.50. The highest BCUT2D eigenvalue weighted by molar-refractivity contribution is 9.10. The van der Waals surface area contributed by atoms with Crippen LogP contribution in [0.2, 0.25) is 5.02 Å². The third-order valence-corrected chi connectivity index (χ3v) is 4.87. The van der Waals surface area contributed by atoms with Crippen molar-refractivity contribution in [3.63, 3.8) is 0 Å². The lowest BCUT2D eigenvalue weighted by atomic mass is 9.89. The molecule has 0 spiro atoms. The normalized spacial score (nSPS) is 14.4. The first-order valence-electron chi connectivity index (χ1n) is 7.03. The Labute approximate surface area is 130 Å². The van der Waals surface area contributed by atoms with Gasteiger partial charge in [-0.15, -0.1) is 0 Å². The molecule has 0 bridgehead atoms. The highest BCUT2D eigenvalue weighted by Gasteiger charge is 2.16. The fourth-order valence-electron chi connectivity index (χ4n) is 2.34. The summed E-state index contributed by atoms with van der Waals surface area (Å²) in [7, 11) is 0. The van der Waals surface area contributed by atoms with Gasteiger partial charge >= 0.3 is 0 Å². The average Bonchev–Trinajstić information content (AvgIpc) is 2.42. The van der Waals surface area contributed by atoms with Crippen molar-refractivity contribution in [2.75, 3.05) is 0 Å². The number of halogens is 2. The summed E-state index contributed by atoms with van der Waals surface area (Å²) in [6, 6.07) is 6.21. The average molecular weight is 348 g/mol. The van der Waals surface area contributed by atoms with E-state index in [9.17, 15) is 0 Å². The molecule has 19 heavy (non-hydrogen) atoms. The fraction of sp³-hybridized carbons (Fsp3) is 0.600. The molecule has 0 heterocycles. The highest BCUT2D eigenvalue weighted by Crippen LogP contribution is 2.30. The van der Waals surface area contributed by atoms with Crippen LogP contribution in [0.5, 0.6) is 0 Å². The SMILES string of the molecule is CCCCC(CC)CC(NN)c1ccc(Cl)c(Br)c1. The van der Waals surface area contributed by atoms with Crippen LogP contribution in [0.1, 0.15) is 57.6 Å². The predicted octanol–water partition coefficient (Wildman–Crippen LogP) is 5.21. The monoisotopic (exact) mass is 346 g/mol. The van der Waals surface area contributed by atoms with Crippen molar-refractivity contribution >= 4 is 27.5 Å². The molecule has 3 N–H and O–H groups in total. The number of rotatable bonds is 8. The number of nitrogens with one attached hydrogen (secondary N) is 1. The van der Waals surface area contributed by atoms with Crippen LogP contribution in [0.3, 0.4) is 0 Å². The second-order valence-electron chi connectivity index (χ2n) is 5.05. The van der Waals surface area contributed by atoms with E-state index in [0.717, 1.165) is 21.8 Å². The van der Waals surface area contributed by atoms with Gasteiger partial charge in [-0.1, -0.05) is 57.2 Å². The quantitative estimate of drug-likeness (QED) is 0.500. The summed E-state index contributed by atoms with van der Waals surface area (Å²) in [6.45, 7) is 4.49. The smallest absolute Gasteiger partial charge is 0.0548 e. The molecule has 0 saturated heterocycles. The van der Waals surface area contributed by atoms with Crippen LogP contribution in [0.4, 0.5) is 0 Å². The molecule has 1 rings (SSSR count). The van der Waals surface area contributed by atoms with Gasteiger partial charge in [-0.3, -0.25) is 11.3 Å². The van der Waals surface area contributed by atoms with Crippen molar-refractivity contribution in [1.29, 1.82) is 0 Å². The minimum atomic E-state index is 0.190. The zero-order valence-corrected chi connectivity index (χ0v) is 14.1. The summed E-state index contributed by atoms with van der Waals surface area (Å²) in [5, 5.41) is 0.734. The lowest BCUT2D eigenvalue weighted by Gasteiger charge is -2.23. The number of hydrogen-bond donors (Lipinski definition) is 2. The van der Waals surface area contributed by atoms with Crippen molar-refractivity contribution in [2.24, 2.45) is 11.8 Å². The molecule has 0 fully saturated rings. The maximum atomic E-state index is 6.03. The number of hydrazine groups is 1. The van der Waals surface area contributed by atoms with Gasteiger partial charge in [0, 0.05) is 10.5 Å². The zero-order valence-electron chi connectivity index (χ0n) is 11.8. The van der Waals surface area contributed by atoms with Gasteiger partial charge in [0.1, 0.15) is 0 Å². The molecule has 0 aliphatic carbocycles. The highest BCUT2D eigenvalue weighted by atomic mass is 79.9. The Morgan fingerprint density at radius 1 is 1.37 bits per heavy atom. The molecule has 0 radical (unpaired) electrons. The Kier molecular flexibility index (Phi) is 8.00. The molecule has 108 valence electrons. The molecule has 0 amide bonds. The molecular formula is C15H24BrClN2. The van der Waals surface area contributed by atoms with Crippen LogP contribution < -0.4 is 11.3 Å². The molecule has 0 aromatic heterocycles. The molecule has 0 saturated carbocycles. The van der Waals surface area contributed by atoms with Gasteiger partial charge in [-0.25, -0.2) is 0 Å². The van der Waals surface area contributed by atoms with E-state index in [-0.39, 0.29) is 6.04 Å². The molecule has 1 aromatic carbocycles. The molecular weight excluding hydrogens is 324 g/mol. The number of hydrogen-bond acceptors (Lipinski definition) is 2. The van der Waals surface area contributed by atoms with Gasteiger partial charge in [0.05, 0.1) is 5.02 Å². The topological polar surface area (TPSA) is 38.0 Å². The summed E-state index contributed by atoms with van der Waals surface area (Å²) in [4.78, 5) is 0. The molecule has 2 atom stereocenters. The van der Waals surface area contributed by atoms with Gasteiger partial charge in [0.25, 0.3) is 0 Å². The van der Waals surface area contributed by atoms with E-state index in [0.29, 0.717) is 0 Å². The molecule has 2 unspecified atom stereocenters. The lowest BCUT2D eigenvalue weighted by Crippen LogP contribution is -2.29. The Hall–Kier alpha value is -0.0900. The van der Waals surface area contributed by atoms with E-state index in [2.05, 4.69) is 41.3 Å². The first-order chi connectivity index (χ1) is 9.12. The van der Waals surface area contributed by atoms with Crippen LogP contribution in [-0.2, 0) is 0 Å². The van der Waals surface area contributed by atoms with E-state index in [4.69, 9.17) is 17.4 Å². The van der Waals surface area contributed by atoms with Crippen molar-refractivity contribution in [1.82, 2.24) is 5.43 Å². The van der Waals surface area contributed by atoms with Crippen molar-refractivity contribution < 1.29 is 0 Å². The Morgan fingerprint density at radius 2 is 2.11 bits per heavy atom. The van der Waals surface area contributed by atoms with Gasteiger partial charge in [0.2, 0.25) is 0 Å². The largest absolute Gasteiger partial charge is 0.271 e. The predicted molar refractivity (Wildman–Crippen MR) is 87.1 cm³/mol. The Morgan fingerprint density at radius 3 is 2.63 bits per heavy atom. The van der Waals surface area contributed by atoms with Crippen LogP contribution in [0.15, 0.2) is 22.7 Å². The lowest BCUT2D eigenvalue weighted by molar-refractivity contribution is 0.356. The van der Waals surface area contributed by atoms with Gasteiger partial charge in [-0.05, 0) is 46.0 Å². The number of nitrogens with two attached hydrogens (primary N) is 1. The fourth-order valence-corrected chi connectivity index (χ4v) is 2.86. The van der Waals surface area contributed by atoms with Crippen LogP contribution in [-0.4, -0.2) is 0 Å². The van der Waals surface area contributed by atoms with Gasteiger partial charge < -0.3 is 0 Å². The van der Waals surface area contributed by atoms with Crippen molar-refractivity contribution in [2.45, 2.75) is 52.0 Å². The van der Waals surface area contributed by atoms with Crippen LogP contribution >= 0.6 is 27.5 Å².